The number of aromatic amines is 1. The van der Waals surface area contributed by atoms with Crippen molar-refractivity contribution >= 4 is 5.95 Å². The molecule has 1 aliphatic rings. The number of H-pyrrole nitrogens is 1. The Labute approximate surface area is 110 Å². The summed E-state index contributed by atoms with van der Waals surface area (Å²) in [6.07, 6.45) is -2.74. The Kier molecular flexibility index (Phi) is 4.00. The zero-order valence-corrected chi connectivity index (χ0v) is 11.1. The monoisotopic (exact) mass is 275 g/mol. The highest BCUT2D eigenvalue weighted by atomic mass is 19.3. The third kappa shape index (κ3) is 3.38. The first-order valence-electron chi connectivity index (χ1n) is 6.25. The summed E-state index contributed by atoms with van der Waals surface area (Å²) in [6, 6.07) is 0. The van der Waals surface area contributed by atoms with E-state index in [1.807, 2.05) is 16.7 Å². The lowest BCUT2D eigenvalue weighted by molar-refractivity contribution is -0.0994. The molecule has 0 saturated carbocycles. The molecule has 0 aliphatic carbocycles. The molecule has 1 aromatic rings. The van der Waals surface area contributed by atoms with Crippen molar-refractivity contribution in [2.45, 2.75) is 25.9 Å². The van der Waals surface area contributed by atoms with E-state index in [0.717, 1.165) is 5.82 Å². The molecule has 2 heterocycles. The van der Waals surface area contributed by atoms with E-state index in [4.69, 9.17) is 0 Å². The fraction of sp³-hybridized carbons (Fsp3) is 0.818. The highest BCUT2D eigenvalue weighted by Crippen LogP contribution is 2.18. The molecule has 2 N–H and O–H groups in total. The maximum Gasteiger partial charge on any atom is 0.267 e. The van der Waals surface area contributed by atoms with E-state index in [2.05, 4.69) is 15.2 Å². The Morgan fingerprint density at radius 2 is 2.00 bits per heavy atom. The highest BCUT2D eigenvalue weighted by Gasteiger charge is 2.35. The van der Waals surface area contributed by atoms with Gasteiger partial charge in [-0.05, 0) is 13.8 Å². The van der Waals surface area contributed by atoms with Gasteiger partial charge in [0.15, 0.2) is 0 Å². The van der Waals surface area contributed by atoms with E-state index in [9.17, 15) is 13.9 Å². The van der Waals surface area contributed by atoms with Gasteiger partial charge >= 0.3 is 0 Å². The number of nitrogens with one attached hydrogen (secondary N) is 1. The zero-order valence-electron chi connectivity index (χ0n) is 11.1. The molecule has 1 aliphatic heterocycles. The summed E-state index contributed by atoms with van der Waals surface area (Å²) in [6.45, 7) is 5.51. The molecule has 1 saturated heterocycles. The van der Waals surface area contributed by atoms with Crippen LogP contribution in [0.2, 0.25) is 0 Å². The van der Waals surface area contributed by atoms with Crippen LogP contribution in [-0.4, -0.2) is 69.9 Å². The molecule has 8 heteroatoms. The number of aryl methyl sites for hydroxylation is 1. The third-order valence-corrected chi connectivity index (χ3v) is 3.25. The molecular weight excluding hydrogens is 256 g/mol. The Morgan fingerprint density at radius 1 is 1.37 bits per heavy atom. The summed E-state index contributed by atoms with van der Waals surface area (Å²) in [5.74, 6) is 1.39. The Hall–Kier alpha value is -1.28. The van der Waals surface area contributed by atoms with Gasteiger partial charge in [0, 0.05) is 32.7 Å². The van der Waals surface area contributed by atoms with E-state index in [1.54, 1.807) is 0 Å². The van der Waals surface area contributed by atoms with Crippen LogP contribution in [0, 0.1) is 6.92 Å². The number of piperazine rings is 1. The largest absolute Gasteiger partial charge is 0.383 e. The number of hydrogen-bond acceptors (Lipinski definition) is 5. The second-order valence-electron chi connectivity index (χ2n) is 5.14. The van der Waals surface area contributed by atoms with Gasteiger partial charge in [-0.25, -0.2) is 8.78 Å². The lowest BCUT2D eigenvalue weighted by atomic mass is 10.1. The van der Waals surface area contributed by atoms with Crippen LogP contribution in [0.3, 0.4) is 0 Å². The predicted octanol–water partition coefficient (Wildman–Crippen LogP) is 0.251. The second-order valence-corrected chi connectivity index (χ2v) is 5.14. The molecule has 0 spiro atoms. The molecule has 1 fully saturated rings. The molecule has 0 amide bonds. The fourth-order valence-corrected chi connectivity index (χ4v) is 2.10. The summed E-state index contributed by atoms with van der Waals surface area (Å²) >= 11 is 0. The van der Waals surface area contributed by atoms with Gasteiger partial charge in [0.25, 0.3) is 6.43 Å². The first kappa shape index (κ1) is 14.1. The molecule has 2 rings (SSSR count). The minimum Gasteiger partial charge on any atom is -0.383 e. The van der Waals surface area contributed by atoms with E-state index in [1.165, 1.54) is 6.92 Å². The summed E-state index contributed by atoms with van der Waals surface area (Å²) in [7, 11) is 0. The zero-order chi connectivity index (χ0) is 14.0. The minimum absolute atomic E-state index is 0.0223. The van der Waals surface area contributed by atoms with Crippen molar-refractivity contribution in [3.05, 3.63) is 5.82 Å². The Balaban J connectivity index is 1.86. The number of β-amino-alcohol motifs (C(OH)–C–C–N with tert-alkyl or cyclic N) is 1. The van der Waals surface area contributed by atoms with Gasteiger partial charge in [0.05, 0.1) is 0 Å². The first-order chi connectivity index (χ1) is 8.88. The molecular formula is C11H19F2N5O. The van der Waals surface area contributed by atoms with Crippen molar-refractivity contribution in [2.24, 2.45) is 0 Å². The van der Waals surface area contributed by atoms with E-state index in [0.29, 0.717) is 32.1 Å². The minimum atomic E-state index is -2.74. The van der Waals surface area contributed by atoms with Crippen molar-refractivity contribution < 1.29 is 13.9 Å². The summed E-state index contributed by atoms with van der Waals surface area (Å²) in [5, 5.41) is 16.4. The number of rotatable bonds is 4. The number of halogens is 2. The van der Waals surface area contributed by atoms with E-state index < -0.39 is 12.0 Å². The molecule has 1 unspecified atom stereocenters. The summed E-state index contributed by atoms with van der Waals surface area (Å²) < 4.78 is 25.2. The molecule has 6 nitrogen and oxygen atoms in total. The molecule has 19 heavy (non-hydrogen) atoms. The topological polar surface area (TPSA) is 68.3 Å². The van der Waals surface area contributed by atoms with Gasteiger partial charge in [-0.3, -0.25) is 10.00 Å². The van der Waals surface area contributed by atoms with Crippen LogP contribution < -0.4 is 4.90 Å². The molecule has 108 valence electrons. The number of anilines is 1. The van der Waals surface area contributed by atoms with E-state index in [-0.39, 0.29) is 6.54 Å². The quantitative estimate of drug-likeness (QED) is 0.824. The van der Waals surface area contributed by atoms with Gasteiger partial charge in [-0.2, -0.15) is 4.98 Å². The molecule has 0 radical (unpaired) electrons. The number of aliphatic hydroxyl groups is 1. The smallest absolute Gasteiger partial charge is 0.267 e. The van der Waals surface area contributed by atoms with Crippen LogP contribution in [0.25, 0.3) is 0 Å². The van der Waals surface area contributed by atoms with Crippen molar-refractivity contribution in [3.63, 3.8) is 0 Å². The maximum atomic E-state index is 12.6. The van der Waals surface area contributed by atoms with Gasteiger partial charge in [-0.15, -0.1) is 5.10 Å². The molecule has 1 atom stereocenters. The molecule has 0 aromatic carbocycles. The maximum absolute atomic E-state index is 12.6. The van der Waals surface area contributed by atoms with Crippen LogP contribution >= 0.6 is 0 Å². The third-order valence-electron chi connectivity index (χ3n) is 3.25. The van der Waals surface area contributed by atoms with Crippen LogP contribution in [-0.2, 0) is 0 Å². The highest BCUT2D eigenvalue weighted by molar-refractivity contribution is 5.29. The van der Waals surface area contributed by atoms with Gasteiger partial charge in [0.2, 0.25) is 5.95 Å². The molecule has 0 bridgehead atoms. The van der Waals surface area contributed by atoms with Crippen LogP contribution in [0.15, 0.2) is 0 Å². The van der Waals surface area contributed by atoms with Gasteiger partial charge in [0.1, 0.15) is 11.4 Å². The second kappa shape index (κ2) is 5.38. The summed E-state index contributed by atoms with van der Waals surface area (Å²) in [5.41, 5.74) is -1.96. The average molecular weight is 275 g/mol. The van der Waals surface area contributed by atoms with Gasteiger partial charge < -0.3 is 10.0 Å². The fourth-order valence-electron chi connectivity index (χ4n) is 2.10. The Bertz CT molecular complexity index is 415. The summed E-state index contributed by atoms with van der Waals surface area (Å²) in [4.78, 5) is 8.07. The van der Waals surface area contributed by atoms with Crippen LogP contribution in [0.4, 0.5) is 14.7 Å². The lowest BCUT2D eigenvalue weighted by Crippen LogP contribution is -2.53. The van der Waals surface area contributed by atoms with Crippen molar-refractivity contribution in [2.75, 3.05) is 37.6 Å². The van der Waals surface area contributed by atoms with Crippen molar-refractivity contribution in [3.8, 4) is 0 Å². The van der Waals surface area contributed by atoms with Crippen molar-refractivity contribution in [1.29, 1.82) is 0 Å². The van der Waals surface area contributed by atoms with Crippen LogP contribution in [0.1, 0.15) is 12.7 Å². The first-order valence-corrected chi connectivity index (χ1v) is 6.25. The number of hydrogen-bond donors (Lipinski definition) is 2. The normalized spacial score (nSPS) is 20.8. The van der Waals surface area contributed by atoms with Crippen LogP contribution in [0.5, 0.6) is 0 Å². The Morgan fingerprint density at radius 3 is 2.47 bits per heavy atom. The number of alkyl halides is 2. The molecule has 1 aromatic heterocycles. The number of aromatic nitrogens is 3. The van der Waals surface area contributed by atoms with Crippen molar-refractivity contribution in [1.82, 2.24) is 20.1 Å². The number of nitrogens with zero attached hydrogens (tertiary/aromatic N) is 4. The predicted molar refractivity (Wildman–Crippen MR) is 66.4 cm³/mol. The van der Waals surface area contributed by atoms with Gasteiger partial charge in [-0.1, -0.05) is 0 Å². The average Bonchev–Trinajstić information content (AvgIpc) is 2.76. The standard InChI is InChI=1S/C11H19F2N5O/c1-8-14-10(16-15-8)18-5-3-17(4-6-18)7-11(2,19)9(12)13/h9,19H,3-7H2,1-2H3,(H,14,15,16). The SMILES string of the molecule is Cc1nc(N2CCN(CC(C)(O)C(F)F)CC2)n[nH]1. The van der Waals surface area contributed by atoms with E-state index >= 15 is 0 Å². The lowest BCUT2D eigenvalue weighted by Gasteiger charge is -2.37.